The molecule has 3 heteroatoms. The minimum Gasteiger partial charge on any atom is -0.455 e. The van der Waals surface area contributed by atoms with Crippen molar-refractivity contribution in [3.05, 3.63) is 0 Å². The van der Waals surface area contributed by atoms with E-state index in [0.29, 0.717) is 12.8 Å². The van der Waals surface area contributed by atoms with Gasteiger partial charge in [-0.2, -0.15) is 0 Å². The molecule has 0 heterocycles. The second-order valence-corrected chi connectivity index (χ2v) is 10.1. The van der Waals surface area contributed by atoms with Gasteiger partial charge in [-0.3, -0.25) is 9.59 Å². The largest absolute Gasteiger partial charge is 0.455 e. The van der Waals surface area contributed by atoms with Gasteiger partial charge >= 0.3 is 5.97 Å². The van der Waals surface area contributed by atoms with Gasteiger partial charge in [0.25, 0.3) is 0 Å². The molecule has 0 N–H and O–H groups in total. The van der Waals surface area contributed by atoms with E-state index in [2.05, 4.69) is 13.8 Å². The highest BCUT2D eigenvalue weighted by Crippen LogP contribution is 2.15. The van der Waals surface area contributed by atoms with Crippen LogP contribution in [0.4, 0.5) is 0 Å². The number of carbonyl (C=O) groups is 2. The fraction of sp³-hybridized carbons (Fsp3) is 0.933. The number of hydrogen-bond acceptors (Lipinski definition) is 3. The molecule has 0 rings (SSSR count). The first-order chi connectivity index (χ1) is 16.2. The molecule has 0 aromatic carbocycles. The molecule has 33 heavy (non-hydrogen) atoms. The summed E-state index contributed by atoms with van der Waals surface area (Å²) in [6.07, 6.45) is 31.1. The zero-order valence-electron chi connectivity index (χ0n) is 22.6. The van der Waals surface area contributed by atoms with Crippen molar-refractivity contribution in [3.63, 3.8) is 0 Å². The molecular weight excluding hydrogens is 408 g/mol. The summed E-state index contributed by atoms with van der Waals surface area (Å²) in [6.45, 7) is 4.51. The Balaban J connectivity index is 3.40. The van der Waals surface area contributed by atoms with Crippen LogP contribution in [0.1, 0.15) is 174 Å². The van der Waals surface area contributed by atoms with Crippen LogP contribution in [0, 0.1) is 0 Å². The van der Waals surface area contributed by atoms with Gasteiger partial charge in [-0.1, -0.05) is 149 Å². The Kier molecular flexibility index (Phi) is 26.7. The minimum absolute atomic E-state index is 0.193. The summed E-state index contributed by atoms with van der Waals surface area (Å²) in [7, 11) is 0. The quantitative estimate of drug-likeness (QED) is 0.0687. The number of esters is 1. The topological polar surface area (TPSA) is 43.4 Å². The monoisotopic (exact) mass is 466 g/mol. The van der Waals surface area contributed by atoms with Crippen LogP contribution < -0.4 is 0 Å². The molecule has 0 aliphatic carbocycles. The highest BCUT2D eigenvalue weighted by Gasteiger charge is 2.12. The van der Waals surface area contributed by atoms with E-state index in [9.17, 15) is 9.59 Å². The van der Waals surface area contributed by atoms with E-state index in [0.717, 1.165) is 32.0 Å². The van der Waals surface area contributed by atoms with Crippen LogP contribution in [0.3, 0.4) is 0 Å². The van der Waals surface area contributed by atoms with Crippen molar-refractivity contribution in [2.24, 2.45) is 0 Å². The van der Waals surface area contributed by atoms with E-state index in [4.69, 9.17) is 4.74 Å². The molecule has 0 bridgehead atoms. The van der Waals surface area contributed by atoms with Gasteiger partial charge in [0.15, 0.2) is 12.4 Å². The molecule has 0 aromatic heterocycles. The molecule has 0 aromatic rings. The van der Waals surface area contributed by atoms with E-state index in [1.165, 1.54) is 122 Å². The van der Waals surface area contributed by atoms with Crippen molar-refractivity contribution < 1.29 is 14.3 Å². The summed E-state index contributed by atoms with van der Waals surface area (Å²) in [5.74, 6) is -0.193. The Morgan fingerprint density at radius 2 is 0.879 bits per heavy atom. The lowest BCUT2D eigenvalue weighted by atomic mass is 10.0. The van der Waals surface area contributed by atoms with Gasteiger partial charge in [0.05, 0.1) is 0 Å². The van der Waals surface area contributed by atoms with Gasteiger partial charge < -0.3 is 4.74 Å². The van der Waals surface area contributed by atoms with Crippen LogP contribution in [-0.2, 0) is 14.3 Å². The third-order valence-electron chi connectivity index (χ3n) is 6.76. The first-order valence-corrected chi connectivity index (χ1v) is 14.9. The van der Waals surface area contributed by atoms with Crippen molar-refractivity contribution in [3.8, 4) is 0 Å². The molecule has 0 aliphatic heterocycles. The summed E-state index contributed by atoms with van der Waals surface area (Å²) < 4.78 is 5.37. The second kappa shape index (κ2) is 27.4. The van der Waals surface area contributed by atoms with Crippen LogP contribution in [0.15, 0.2) is 0 Å². The van der Waals surface area contributed by atoms with Crippen molar-refractivity contribution >= 4 is 12.3 Å². The number of carbonyl (C=O) groups excluding carboxylic acids is 2. The number of ether oxygens (including phenoxy) is 1. The van der Waals surface area contributed by atoms with Gasteiger partial charge in [-0.05, 0) is 19.3 Å². The van der Waals surface area contributed by atoms with Gasteiger partial charge in [-0.25, -0.2) is 0 Å². The SMILES string of the molecule is CCCCCCCCCCCCCCCCCC(=O)OC(C=O)CCCCCCCCCC. The van der Waals surface area contributed by atoms with Crippen molar-refractivity contribution in [2.75, 3.05) is 0 Å². The predicted molar refractivity (Wildman–Crippen MR) is 143 cm³/mol. The van der Waals surface area contributed by atoms with Crippen molar-refractivity contribution in [1.82, 2.24) is 0 Å². The number of rotatable bonds is 27. The molecule has 196 valence electrons. The summed E-state index contributed by atoms with van der Waals surface area (Å²) in [5, 5.41) is 0. The Hall–Kier alpha value is -0.860. The fourth-order valence-corrected chi connectivity index (χ4v) is 4.50. The average Bonchev–Trinajstić information content (AvgIpc) is 2.82. The molecule has 1 unspecified atom stereocenters. The van der Waals surface area contributed by atoms with Crippen LogP contribution in [-0.4, -0.2) is 18.4 Å². The third-order valence-corrected chi connectivity index (χ3v) is 6.76. The van der Waals surface area contributed by atoms with Crippen LogP contribution in [0.25, 0.3) is 0 Å². The van der Waals surface area contributed by atoms with Crippen molar-refractivity contribution in [1.29, 1.82) is 0 Å². The van der Waals surface area contributed by atoms with Gasteiger partial charge in [0, 0.05) is 6.42 Å². The Bertz CT molecular complexity index is 407. The summed E-state index contributed by atoms with van der Waals surface area (Å²) >= 11 is 0. The molecule has 0 fully saturated rings. The molecule has 0 spiro atoms. The molecule has 1 atom stereocenters. The van der Waals surface area contributed by atoms with Gasteiger partial charge in [0.1, 0.15) is 0 Å². The summed E-state index contributed by atoms with van der Waals surface area (Å²) in [4.78, 5) is 23.2. The third kappa shape index (κ3) is 25.6. The smallest absolute Gasteiger partial charge is 0.306 e. The summed E-state index contributed by atoms with van der Waals surface area (Å²) in [6, 6.07) is 0. The Morgan fingerprint density at radius 1 is 0.545 bits per heavy atom. The van der Waals surface area contributed by atoms with Crippen LogP contribution in [0.5, 0.6) is 0 Å². The van der Waals surface area contributed by atoms with Crippen LogP contribution in [0.2, 0.25) is 0 Å². The van der Waals surface area contributed by atoms with Gasteiger partial charge in [0.2, 0.25) is 0 Å². The molecule has 0 aliphatic rings. The Labute approximate surface area is 207 Å². The van der Waals surface area contributed by atoms with E-state index in [1.807, 2.05) is 0 Å². The van der Waals surface area contributed by atoms with E-state index in [-0.39, 0.29) is 5.97 Å². The number of hydrogen-bond donors (Lipinski definition) is 0. The maximum absolute atomic E-state index is 12.0. The lowest BCUT2D eigenvalue weighted by molar-refractivity contribution is -0.152. The lowest BCUT2D eigenvalue weighted by Gasteiger charge is -2.12. The molecule has 0 saturated carbocycles. The standard InChI is InChI=1S/C30H58O3/c1-3-5-7-9-11-13-14-15-16-17-18-19-21-23-25-27-30(32)33-29(28-31)26-24-22-20-12-10-8-6-4-2/h28-29H,3-27H2,1-2H3. The molecular formula is C30H58O3. The van der Waals surface area contributed by atoms with E-state index >= 15 is 0 Å². The number of aldehydes is 1. The Morgan fingerprint density at radius 3 is 1.24 bits per heavy atom. The van der Waals surface area contributed by atoms with Gasteiger partial charge in [-0.15, -0.1) is 0 Å². The lowest BCUT2D eigenvalue weighted by Crippen LogP contribution is -2.19. The molecule has 0 amide bonds. The maximum Gasteiger partial charge on any atom is 0.306 e. The van der Waals surface area contributed by atoms with E-state index in [1.54, 1.807) is 0 Å². The predicted octanol–water partition coefficient (Wildman–Crippen LogP) is 9.89. The zero-order valence-corrected chi connectivity index (χ0v) is 22.6. The fourth-order valence-electron chi connectivity index (χ4n) is 4.50. The normalized spacial score (nSPS) is 12.1. The highest BCUT2D eigenvalue weighted by molar-refractivity contribution is 5.72. The summed E-state index contributed by atoms with van der Waals surface area (Å²) in [5.41, 5.74) is 0. The highest BCUT2D eigenvalue weighted by atomic mass is 16.5. The van der Waals surface area contributed by atoms with Crippen LogP contribution >= 0.6 is 0 Å². The first kappa shape index (κ1) is 32.1. The minimum atomic E-state index is -0.533. The maximum atomic E-state index is 12.0. The zero-order chi connectivity index (χ0) is 24.2. The van der Waals surface area contributed by atoms with Crippen molar-refractivity contribution in [2.45, 2.75) is 180 Å². The molecule has 3 nitrogen and oxygen atoms in total. The second-order valence-electron chi connectivity index (χ2n) is 10.1. The van der Waals surface area contributed by atoms with E-state index < -0.39 is 6.10 Å². The average molecular weight is 467 g/mol. The number of unbranched alkanes of at least 4 members (excludes halogenated alkanes) is 21. The molecule has 0 saturated heterocycles. The first-order valence-electron chi connectivity index (χ1n) is 14.9. The molecule has 0 radical (unpaired) electrons.